The van der Waals surface area contributed by atoms with Crippen molar-refractivity contribution in [2.24, 2.45) is 5.41 Å². The number of aliphatic hydroxyl groups is 1. The lowest BCUT2D eigenvalue weighted by Crippen LogP contribution is -2.32. The van der Waals surface area contributed by atoms with Crippen LogP contribution >= 0.6 is 11.6 Å². The van der Waals surface area contributed by atoms with Crippen molar-refractivity contribution in [1.29, 1.82) is 0 Å². The van der Waals surface area contributed by atoms with Crippen LogP contribution < -0.4 is 4.72 Å². The van der Waals surface area contributed by atoms with Crippen molar-refractivity contribution in [3.05, 3.63) is 17.7 Å². The van der Waals surface area contributed by atoms with Crippen molar-refractivity contribution < 1.29 is 13.5 Å². The smallest absolute Gasteiger partial charge is 0.243 e. The molecule has 0 amide bonds. The lowest BCUT2D eigenvalue weighted by Gasteiger charge is -2.12. The van der Waals surface area contributed by atoms with Gasteiger partial charge in [0.05, 0.1) is 12.4 Å². The molecular formula is C9H12ClN3O3S. The summed E-state index contributed by atoms with van der Waals surface area (Å²) in [6.45, 7) is 0.223. The Morgan fingerprint density at radius 2 is 2.00 bits per heavy atom. The SMILES string of the molecule is O=S(=O)(NCC1(CO)CC1)c1cnc(Cl)nc1. The van der Waals surface area contributed by atoms with Crippen LogP contribution in [0.4, 0.5) is 0 Å². The summed E-state index contributed by atoms with van der Waals surface area (Å²) in [5.74, 6) is 0. The van der Waals surface area contributed by atoms with Crippen molar-refractivity contribution in [2.75, 3.05) is 13.2 Å². The van der Waals surface area contributed by atoms with Gasteiger partial charge in [-0.3, -0.25) is 0 Å². The maximum absolute atomic E-state index is 11.8. The molecule has 17 heavy (non-hydrogen) atoms. The summed E-state index contributed by atoms with van der Waals surface area (Å²) in [7, 11) is -3.63. The topological polar surface area (TPSA) is 92.2 Å². The second kappa shape index (κ2) is 4.49. The molecule has 0 aromatic carbocycles. The number of rotatable bonds is 5. The van der Waals surface area contributed by atoms with E-state index in [9.17, 15) is 8.42 Å². The van der Waals surface area contributed by atoms with Crippen LogP contribution in [0, 0.1) is 5.41 Å². The number of halogens is 1. The quantitative estimate of drug-likeness (QED) is 0.749. The minimum absolute atomic E-state index is 0.00188. The molecule has 2 rings (SSSR count). The van der Waals surface area contributed by atoms with Crippen LogP contribution in [-0.4, -0.2) is 36.6 Å². The predicted molar refractivity (Wildman–Crippen MR) is 61.0 cm³/mol. The Hall–Kier alpha value is -0.760. The van der Waals surface area contributed by atoms with Gasteiger partial charge in [-0.05, 0) is 24.4 Å². The minimum atomic E-state index is -3.63. The number of nitrogens with zero attached hydrogens (tertiary/aromatic N) is 2. The molecule has 0 saturated heterocycles. The fourth-order valence-corrected chi connectivity index (χ4v) is 2.48. The van der Waals surface area contributed by atoms with Gasteiger partial charge in [0, 0.05) is 18.6 Å². The molecule has 0 radical (unpaired) electrons. The van der Waals surface area contributed by atoms with E-state index in [2.05, 4.69) is 14.7 Å². The summed E-state index contributed by atoms with van der Waals surface area (Å²) in [4.78, 5) is 7.19. The number of aliphatic hydroxyl groups excluding tert-OH is 1. The van der Waals surface area contributed by atoms with E-state index in [0.717, 1.165) is 25.2 Å². The molecule has 1 aromatic rings. The highest BCUT2D eigenvalue weighted by molar-refractivity contribution is 7.89. The molecule has 0 bridgehead atoms. The van der Waals surface area contributed by atoms with Crippen molar-refractivity contribution in [1.82, 2.24) is 14.7 Å². The summed E-state index contributed by atoms with van der Waals surface area (Å²) in [6.07, 6.45) is 3.97. The van der Waals surface area contributed by atoms with E-state index in [4.69, 9.17) is 16.7 Å². The van der Waals surface area contributed by atoms with Gasteiger partial charge in [-0.25, -0.2) is 23.1 Å². The van der Waals surface area contributed by atoms with Crippen molar-refractivity contribution in [2.45, 2.75) is 17.7 Å². The van der Waals surface area contributed by atoms with Crippen LogP contribution in [0.3, 0.4) is 0 Å². The highest BCUT2D eigenvalue weighted by Crippen LogP contribution is 2.44. The highest BCUT2D eigenvalue weighted by Gasteiger charge is 2.42. The first-order valence-electron chi connectivity index (χ1n) is 5.06. The Kier molecular flexibility index (Phi) is 3.35. The van der Waals surface area contributed by atoms with E-state index >= 15 is 0 Å². The van der Waals surface area contributed by atoms with Gasteiger partial charge >= 0.3 is 0 Å². The van der Waals surface area contributed by atoms with Gasteiger partial charge in [0.25, 0.3) is 0 Å². The zero-order valence-electron chi connectivity index (χ0n) is 8.93. The van der Waals surface area contributed by atoms with Gasteiger partial charge in [-0.1, -0.05) is 0 Å². The van der Waals surface area contributed by atoms with E-state index in [0.29, 0.717) is 0 Å². The highest BCUT2D eigenvalue weighted by atomic mass is 35.5. The second-order valence-corrected chi connectivity index (χ2v) is 6.28. The predicted octanol–water partition coefficient (Wildman–Crippen LogP) is 0.181. The van der Waals surface area contributed by atoms with Crippen LogP contribution in [0.15, 0.2) is 17.3 Å². The first-order valence-corrected chi connectivity index (χ1v) is 6.92. The summed E-state index contributed by atoms with van der Waals surface area (Å²) >= 11 is 5.47. The lowest BCUT2D eigenvalue weighted by atomic mass is 10.1. The van der Waals surface area contributed by atoms with Gasteiger partial charge in [0.15, 0.2) is 0 Å². The van der Waals surface area contributed by atoms with Crippen molar-refractivity contribution in [3.63, 3.8) is 0 Å². The van der Waals surface area contributed by atoms with Crippen molar-refractivity contribution >= 4 is 21.6 Å². The molecule has 1 fully saturated rings. The first-order chi connectivity index (χ1) is 7.97. The maximum Gasteiger partial charge on any atom is 0.243 e. The van der Waals surface area contributed by atoms with E-state index in [1.807, 2.05) is 0 Å². The minimum Gasteiger partial charge on any atom is -0.396 e. The summed E-state index contributed by atoms with van der Waals surface area (Å²) in [5.41, 5.74) is -0.277. The molecule has 1 aromatic heterocycles. The molecule has 94 valence electrons. The molecule has 6 nitrogen and oxygen atoms in total. The number of sulfonamides is 1. The molecule has 1 aliphatic carbocycles. The number of hydrogen-bond acceptors (Lipinski definition) is 5. The van der Waals surface area contributed by atoms with Crippen LogP contribution in [0.25, 0.3) is 0 Å². The van der Waals surface area contributed by atoms with Gasteiger partial charge in [0.1, 0.15) is 4.90 Å². The molecule has 0 unspecified atom stereocenters. The average Bonchev–Trinajstić information content (AvgIpc) is 3.08. The third-order valence-corrected chi connectivity index (χ3v) is 4.39. The molecule has 1 saturated carbocycles. The van der Waals surface area contributed by atoms with Crippen LogP contribution in [-0.2, 0) is 10.0 Å². The van der Waals surface area contributed by atoms with E-state index < -0.39 is 10.0 Å². The van der Waals surface area contributed by atoms with Gasteiger partial charge < -0.3 is 5.11 Å². The Morgan fingerprint density at radius 3 is 2.47 bits per heavy atom. The van der Waals surface area contributed by atoms with Gasteiger partial charge in [-0.15, -0.1) is 0 Å². The molecule has 0 spiro atoms. The number of nitrogens with one attached hydrogen (secondary N) is 1. The van der Waals surface area contributed by atoms with E-state index in [1.54, 1.807) is 0 Å². The number of aromatic nitrogens is 2. The fourth-order valence-electron chi connectivity index (χ4n) is 1.34. The monoisotopic (exact) mass is 277 g/mol. The Bertz CT molecular complexity index is 499. The van der Waals surface area contributed by atoms with Gasteiger partial charge in [-0.2, -0.15) is 0 Å². The second-order valence-electron chi connectivity index (χ2n) is 4.17. The molecule has 0 aliphatic heterocycles. The largest absolute Gasteiger partial charge is 0.396 e. The zero-order valence-corrected chi connectivity index (χ0v) is 10.5. The number of hydrogen-bond donors (Lipinski definition) is 2. The molecule has 0 atom stereocenters. The van der Waals surface area contributed by atoms with Crippen molar-refractivity contribution in [3.8, 4) is 0 Å². The van der Waals surface area contributed by atoms with Crippen LogP contribution in [0.2, 0.25) is 5.28 Å². The lowest BCUT2D eigenvalue weighted by molar-refractivity contribution is 0.213. The van der Waals surface area contributed by atoms with E-state index in [-0.39, 0.29) is 28.7 Å². The first kappa shape index (κ1) is 12.7. The normalized spacial score (nSPS) is 18.0. The third-order valence-electron chi connectivity index (χ3n) is 2.84. The molecule has 2 N–H and O–H groups in total. The maximum atomic E-state index is 11.8. The van der Waals surface area contributed by atoms with Gasteiger partial charge in [0.2, 0.25) is 15.3 Å². The standard InChI is InChI=1S/C9H12ClN3O3S/c10-8-11-3-7(4-12-8)17(15,16)13-5-9(6-14)1-2-9/h3-4,13-14H,1-2,5-6H2. The third kappa shape index (κ3) is 2.92. The summed E-state index contributed by atoms with van der Waals surface area (Å²) in [6, 6.07) is 0. The summed E-state index contributed by atoms with van der Waals surface area (Å²) in [5, 5.41) is 9.08. The van der Waals surface area contributed by atoms with E-state index in [1.165, 1.54) is 0 Å². The fraction of sp³-hybridized carbons (Fsp3) is 0.556. The Balaban J connectivity index is 2.06. The average molecular weight is 278 g/mol. The van der Waals surface area contributed by atoms with Crippen LogP contribution in [0.5, 0.6) is 0 Å². The van der Waals surface area contributed by atoms with Crippen LogP contribution in [0.1, 0.15) is 12.8 Å². The zero-order chi connectivity index (χ0) is 12.5. The molecular weight excluding hydrogens is 266 g/mol. The molecule has 8 heteroatoms. The molecule has 1 aliphatic rings. The Morgan fingerprint density at radius 1 is 1.41 bits per heavy atom. The summed E-state index contributed by atoms with van der Waals surface area (Å²) < 4.78 is 26.1. The molecule has 1 heterocycles. The Labute approximate surface area is 104 Å².